The number of benzene rings is 1. The van der Waals surface area contributed by atoms with Crippen molar-refractivity contribution in [3.63, 3.8) is 0 Å². The first-order valence-corrected chi connectivity index (χ1v) is 4.16. The maximum Gasteiger partial charge on any atom is 0.389 e. The van der Waals surface area contributed by atoms with Gasteiger partial charge in [0.05, 0.1) is 13.5 Å². The second-order valence-electron chi connectivity index (χ2n) is 2.76. The molecule has 0 unspecified atom stereocenters. The number of methoxy groups -OCH3 is 1. The number of nitrogens with zero attached hydrogens (tertiary/aromatic N) is 2. The molecule has 0 aliphatic heterocycles. The van der Waals surface area contributed by atoms with Crippen LogP contribution in [0.1, 0.15) is 5.56 Å². The van der Waals surface area contributed by atoms with Gasteiger partial charge in [0.15, 0.2) is 5.16 Å². The molecule has 0 bridgehead atoms. The molecule has 0 atom stereocenters. The lowest BCUT2D eigenvalue weighted by Gasteiger charge is -2.05. The molecule has 1 rings (SSSR count). The van der Waals surface area contributed by atoms with Crippen LogP contribution in [0.5, 0.6) is 5.75 Å². The summed E-state index contributed by atoms with van der Waals surface area (Å²) in [5.41, 5.74) is 0.601. The second-order valence-corrected chi connectivity index (χ2v) is 2.76. The van der Waals surface area contributed by atoms with Gasteiger partial charge in [-0.2, -0.15) is 0 Å². The SMILES string of the molecule is COc1ccccc1C/C(=N\O)[N+](=O)[O-]. The molecular weight excluding hydrogens is 200 g/mol. The number of hydrogen-bond acceptors (Lipinski definition) is 5. The monoisotopic (exact) mass is 210 g/mol. The van der Waals surface area contributed by atoms with E-state index in [2.05, 4.69) is 5.16 Å². The third-order valence-electron chi connectivity index (χ3n) is 1.87. The molecule has 0 fully saturated rings. The zero-order valence-electron chi connectivity index (χ0n) is 8.08. The summed E-state index contributed by atoms with van der Waals surface area (Å²) in [6.45, 7) is 0. The average Bonchev–Trinajstić information content (AvgIpc) is 2.25. The number of hydrogen-bond donors (Lipinski definition) is 1. The van der Waals surface area contributed by atoms with Gasteiger partial charge in [0.1, 0.15) is 5.75 Å². The van der Waals surface area contributed by atoms with Gasteiger partial charge in [0.2, 0.25) is 0 Å². The van der Waals surface area contributed by atoms with Gasteiger partial charge in [-0.15, -0.1) is 0 Å². The summed E-state index contributed by atoms with van der Waals surface area (Å²) < 4.78 is 5.01. The zero-order chi connectivity index (χ0) is 11.3. The van der Waals surface area contributed by atoms with Crippen LogP contribution in [0.15, 0.2) is 29.4 Å². The molecule has 15 heavy (non-hydrogen) atoms. The van der Waals surface area contributed by atoms with E-state index in [-0.39, 0.29) is 6.42 Å². The van der Waals surface area contributed by atoms with E-state index < -0.39 is 10.8 Å². The zero-order valence-corrected chi connectivity index (χ0v) is 8.08. The fourth-order valence-corrected chi connectivity index (χ4v) is 1.16. The standard InChI is InChI=1S/C9H10N2O4/c1-15-8-5-3-2-4-7(8)6-9(10-12)11(13)14/h2-5,12H,6H2,1H3/b10-9+. The van der Waals surface area contributed by atoms with Crippen LogP contribution < -0.4 is 4.74 Å². The molecule has 1 aromatic rings. The van der Waals surface area contributed by atoms with Gasteiger partial charge in [-0.3, -0.25) is 0 Å². The Hall–Kier alpha value is -2.11. The molecule has 6 heteroatoms. The van der Waals surface area contributed by atoms with Crippen LogP contribution in [0, 0.1) is 10.1 Å². The van der Waals surface area contributed by atoms with Crippen LogP contribution in [-0.2, 0) is 6.42 Å². The molecular formula is C9H10N2O4. The topological polar surface area (TPSA) is 85.0 Å². The third kappa shape index (κ3) is 2.67. The normalized spacial score (nSPS) is 11.1. The van der Waals surface area contributed by atoms with Crippen molar-refractivity contribution in [1.82, 2.24) is 0 Å². The van der Waals surface area contributed by atoms with Crippen molar-refractivity contribution >= 4 is 5.84 Å². The minimum atomic E-state index is -0.730. The largest absolute Gasteiger partial charge is 0.496 e. The smallest absolute Gasteiger partial charge is 0.389 e. The summed E-state index contributed by atoms with van der Waals surface area (Å²) in [6.07, 6.45) is -0.0759. The van der Waals surface area contributed by atoms with Gasteiger partial charge in [0.25, 0.3) is 0 Å². The highest BCUT2D eigenvalue weighted by Gasteiger charge is 2.16. The molecule has 0 radical (unpaired) electrons. The molecule has 0 aromatic heterocycles. The van der Waals surface area contributed by atoms with Gasteiger partial charge >= 0.3 is 5.84 Å². The third-order valence-corrected chi connectivity index (χ3v) is 1.87. The summed E-state index contributed by atoms with van der Waals surface area (Å²) in [5, 5.41) is 21.5. The Morgan fingerprint density at radius 2 is 2.27 bits per heavy atom. The van der Waals surface area contributed by atoms with E-state index in [0.717, 1.165) is 0 Å². The van der Waals surface area contributed by atoms with Crippen LogP contribution in [0.25, 0.3) is 0 Å². The highest BCUT2D eigenvalue weighted by atomic mass is 16.6. The number of rotatable bonds is 3. The van der Waals surface area contributed by atoms with E-state index in [1.54, 1.807) is 24.3 Å². The molecule has 1 N–H and O–H groups in total. The average molecular weight is 210 g/mol. The molecule has 0 heterocycles. The lowest BCUT2D eigenvalue weighted by Crippen LogP contribution is -2.15. The Labute approximate surface area is 85.9 Å². The maximum absolute atomic E-state index is 10.4. The number of oxime groups is 1. The van der Waals surface area contributed by atoms with E-state index in [1.807, 2.05) is 0 Å². The first-order valence-electron chi connectivity index (χ1n) is 4.16. The molecule has 6 nitrogen and oxygen atoms in total. The predicted molar refractivity (Wildman–Crippen MR) is 52.9 cm³/mol. The van der Waals surface area contributed by atoms with Crippen molar-refractivity contribution in [3.8, 4) is 5.75 Å². The molecule has 0 aliphatic carbocycles. The quantitative estimate of drug-likeness (QED) is 0.268. The molecule has 0 spiro atoms. The first-order chi connectivity index (χ1) is 7.19. The Kier molecular flexibility index (Phi) is 3.61. The summed E-state index contributed by atoms with van der Waals surface area (Å²) in [6, 6.07) is 6.84. The second kappa shape index (κ2) is 4.94. The summed E-state index contributed by atoms with van der Waals surface area (Å²) >= 11 is 0. The van der Waals surface area contributed by atoms with Crippen LogP contribution in [0.3, 0.4) is 0 Å². The van der Waals surface area contributed by atoms with E-state index in [4.69, 9.17) is 9.94 Å². The van der Waals surface area contributed by atoms with E-state index in [1.165, 1.54) is 7.11 Å². The predicted octanol–water partition coefficient (Wildman–Crippen LogP) is 1.30. The van der Waals surface area contributed by atoms with Gasteiger partial charge in [-0.05, 0) is 11.0 Å². The Morgan fingerprint density at radius 1 is 1.60 bits per heavy atom. The van der Waals surface area contributed by atoms with Crippen LogP contribution in [-0.4, -0.2) is 23.1 Å². The van der Waals surface area contributed by atoms with Gasteiger partial charge in [-0.25, -0.2) is 0 Å². The molecule has 0 saturated carbocycles. The van der Waals surface area contributed by atoms with Gasteiger partial charge in [0, 0.05) is 5.56 Å². The van der Waals surface area contributed by atoms with Gasteiger partial charge in [-0.1, -0.05) is 18.2 Å². The van der Waals surface area contributed by atoms with Crippen molar-refractivity contribution in [1.29, 1.82) is 0 Å². The van der Waals surface area contributed by atoms with Crippen LogP contribution in [0.4, 0.5) is 0 Å². The van der Waals surface area contributed by atoms with Gasteiger partial charge < -0.3 is 20.1 Å². The summed E-state index contributed by atoms with van der Waals surface area (Å²) in [7, 11) is 1.47. The molecule has 0 amide bonds. The van der Waals surface area contributed by atoms with Crippen LogP contribution in [0.2, 0.25) is 0 Å². The minimum Gasteiger partial charge on any atom is -0.496 e. The summed E-state index contributed by atoms with van der Waals surface area (Å²) in [5.74, 6) is 0.0139. The van der Waals surface area contributed by atoms with E-state index in [0.29, 0.717) is 11.3 Å². The molecule has 0 saturated heterocycles. The number of ether oxygens (including phenoxy) is 1. The van der Waals surface area contributed by atoms with E-state index in [9.17, 15) is 10.1 Å². The minimum absolute atomic E-state index is 0.0759. The van der Waals surface area contributed by atoms with Crippen molar-refractivity contribution in [2.24, 2.45) is 5.16 Å². The summed E-state index contributed by atoms with van der Waals surface area (Å²) in [4.78, 5) is 9.68. The van der Waals surface area contributed by atoms with Crippen molar-refractivity contribution in [2.75, 3.05) is 7.11 Å². The first kappa shape index (κ1) is 11.0. The lowest BCUT2D eigenvalue weighted by molar-refractivity contribution is -0.354. The highest BCUT2D eigenvalue weighted by molar-refractivity contribution is 5.76. The Bertz CT molecular complexity index is 389. The van der Waals surface area contributed by atoms with Crippen molar-refractivity contribution < 1.29 is 14.9 Å². The van der Waals surface area contributed by atoms with Crippen molar-refractivity contribution in [2.45, 2.75) is 6.42 Å². The Morgan fingerprint density at radius 3 is 2.80 bits per heavy atom. The number of para-hydroxylation sites is 1. The lowest BCUT2D eigenvalue weighted by atomic mass is 10.1. The molecule has 80 valence electrons. The maximum atomic E-state index is 10.4. The number of nitro groups is 1. The molecule has 0 aliphatic rings. The highest BCUT2D eigenvalue weighted by Crippen LogP contribution is 2.18. The molecule has 1 aromatic carbocycles. The Balaban J connectivity index is 2.93. The van der Waals surface area contributed by atoms with Crippen LogP contribution >= 0.6 is 0 Å². The number of amidine groups is 1. The fourth-order valence-electron chi connectivity index (χ4n) is 1.16. The van der Waals surface area contributed by atoms with E-state index >= 15 is 0 Å². The fraction of sp³-hybridized carbons (Fsp3) is 0.222. The van der Waals surface area contributed by atoms with Crippen molar-refractivity contribution in [3.05, 3.63) is 39.9 Å².